The van der Waals surface area contributed by atoms with Gasteiger partial charge in [0.2, 0.25) is 17.7 Å². The summed E-state index contributed by atoms with van der Waals surface area (Å²) in [7, 11) is 0. The maximum absolute atomic E-state index is 13.4. The van der Waals surface area contributed by atoms with E-state index in [1.807, 2.05) is 12.2 Å². The van der Waals surface area contributed by atoms with Crippen LogP contribution >= 0.6 is 11.6 Å². The molecule has 2 aromatic rings. The maximum Gasteiger partial charge on any atom is 0.271 e. The molecule has 0 spiro atoms. The van der Waals surface area contributed by atoms with Crippen LogP contribution in [0.2, 0.25) is 5.02 Å². The van der Waals surface area contributed by atoms with Crippen LogP contribution in [0.25, 0.3) is 0 Å². The number of likely N-dealkylation sites (tertiary alicyclic amines) is 1. The van der Waals surface area contributed by atoms with Crippen molar-refractivity contribution in [1.29, 1.82) is 0 Å². The van der Waals surface area contributed by atoms with Crippen LogP contribution in [0.5, 0.6) is 0 Å². The van der Waals surface area contributed by atoms with E-state index >= 15 is 0 Å². The van der Waals surface area contributed by atoms with Crippen LogP contribution in [0.4, 0.5) is 11.4 Å². The lowest BCUT2D eigenvalue weighted by atomic mass is 9.85. The summed E-state index contributed by atoms with van der Waals surface area (Å²) in [6, 6.07) is 11.5. The first-order valence-electron chi connectivity index (χ1n) is 10.7. The number of carbonyl (C=O) groups is 3. The number of non-ortho nitro benzene ring substituents is 1. The molecule has 1 saturated heterocycles. The van der Waals surface area contributed by atoms with Crippen LogP contribution in [-0.2, 0) is 14.4 Å². The third-order valence-electron chi connectivity index (χ3n) is 6.80. The molecule has 5 unspecified atom stereocenters. The second-order valence-electron chi connectivity index (χ2n) is 8.64. The number of allylic oxidation sites excluding steroid dienone is 2. The molecular formula is C24H20ClN3O5. The predicted octanol–water partition coefficient (Wildman–Crippen LogP) is 4.13. The van der Waals surface area contributed by atoms with Gasteiger partial charge in [0.05, 0.1) is 29.2 Å². The number of hydrogen-bond donors (Lipinski definition) is 1. The average Bonchev–Trinajstić information content (AvgIpc) is 3.47. The third kappa shape index (κ3) is 3.60. The standard InChI is InChI=1S/C24H20ClN3O5/c25-18-7-2-1-6-17(18)19(12-20(29)26-15-4-3-5-16(11-15)28(32)33)27-23(30)21-13-8-9-14(10-13)22(21)24(27)31/h1-9,11,13-14,19,21-22H,10,12H2,(H,26,29). The van der Waals surface area contributed by atoms with Crippen LogP contribution in [0.3, 0.4) is 0 Å². The molecule has 0 radical (unpaired) electrons. The molecule has 1 heterocycles. The van der Waals surface area contributed by atoms with Gasteiger partial charge in [-0.15, -0.1) is 0 Å². The molecule has 1 saturated carbocycles. The normalized spacial score (nSPS) is 25.9. The molecule has 33 heavy (non-hydrogen) atoms. The molecule has 0 aromatic heterocycles. The molecule has 2 aliphatic carbocycles. The van der Waals surface area contributed by atoms with Crippen molar-refractivity contribution in [3.63, 3.8) is 0 Å². The lowest BCUT2D eigenvalue weighted by molar-refractivity contribution is -0.384. The van der Waals surface area contributed by atoms with Gasteiger partial charge in [0.25, 0.3) is 5.69 Å². The summed E-state index contributed by atoms with van der Waals surface area (Å²) in [6.45, 7) is 0. The van der Waals surface area contributed by atoms with E-state index in [-0.39, 0.29) is 41.4 Å². The molecule has 1 N–H and O–H groups in total. The zero-order chi connectivity index (χ0) is 23.3. The van der Waals surface area contributed by atoms with E-state index in [1.54, 1.807) is 24.3 Å². The Balaban J connectivity index is 1.44. The zero-order valence-corrected chi connectivity index (χ0v) is 18.1. The summed E-state index contributed by atoms with van der Waals surface area (Å²) in [6.07, 6.45) is 4.62. The van der Waals surface area contributed by atoms with Crippen molar-refractivity contribution in [2.75, 3.05) is 5.32 Å². The van der Waals surface area contributed by atoms with E-state index in [9.17, 15) is 24.5 Å². The molecule has 8 nitrogen and oxygen atoms in total. The molecule has 2 aromatic carbocycles. The van der Waals surface area contributed by atoms with Crippen molar-refractivity contribution < 1.29 is 19.3 Å². The van der Waals surface area contributed by atoms with E-state index in [4.69, 9.17) is 11.6 Å². The monoisotopic (exact) mass is 465 g/mol. The van der Waals surface area contributed by atoms with E-state index in [0.717, 1.165) is 6.42 Å². The Hall–Kier alpha value is -3.52. The summed E-state index contributed by atoms with van der Waals surface area (Å²) in [5.41, 5.74) is 0.608. The number of nitro benzene ring substituents is 1. The van der Waals surface area contributed by atoms with E-state index < -0.39 is 28.7 Å². The topological polar surface area (TPSA) is 110 Å². The molecule has 168 valence electrons. The van der Waals surface area contributed by atoms with Crippen molar-refractivity contribution in [1.82, 2.24) is 4.90 Å². The minimum absolute atomic E-state index is 0.0482. The summed E-state index contributed by atoms with van der Waals surface area (Å²) in [5, 5.41) is 14.0. The van der Waals surface area contributed by atoms with Gasteiger partial charge >= 0.3 is 0 Å². The maximum atomic E-state index is 13.4. The van der Waals surface area contributed by atoms with Crippen LogP contribution in [0.1, 0.15) is 24.4 Å². The summed E-state index contributed by atoms with van der Waals surface area (Å²) >= 11 is 6.41. The number of nitrogens with zero attached hydrogens (tertiary/aromatic N) is 2. The predicted molar refractivity (Wildman–Crippen MR) is 120 cm³/mol. The highest BCUT2D eigenvalue weighted by Crippen LogP contribution is 2.54. The minimum Gasteiger partial charge on any atom is -0.326 e. The van der Waals surface area contributed by atoms with E-state index in [2.05, 4.69) is 5.32 Å². The third-order valence-corrected chi connectivity index (χ3v) is 7.14. The van der Waals surface area contributed by atoms with Gasteiger partial charge < -0.3 is 5.32 Å². The molecule has 2 bridgehead atoms. The van der Waals surface area contributed by atoms with Crippen molar-refractivity contribution >= 4 is 40.7 Å². The number of benzene rings is 2. The van der Waals surface area contributed by atoms with Crippen LogP contribution < -0.4 is 5.32 Å². The summed E-state index contributed by atoms with van der Waals surface area (Å²) in [5.74, 6) is -1.71. The van der Waals surface area contributed by atoms with Gasteiger partial charge in [-0.05, 0) is 36.0 Å². The number of anilines is 1. The quantitative estimate of drug-likeness (QED) is 0.298. The van der Waals surface area contributed by atoms with Crippen LogP contribution in [0.15, 0.2) is 60.7 Å². The number of rotatable bonds is 6. The fraction of sp³-hybridized carbons (Fsp3) is 0.292. The smallest absolute Gasteiger partial charge is 0.271 e. The first-order valence-corrected chi connectivity index (χ1v) is 11.1. The Morgan fingerprint density at radius 2 is 1.76 bits per heavy atom. The number of imide groups is 1. The van der Waals surface area contributed by atoms with Crippen molar-refractivity contribution in [2.24, 2.45) is 23.7 Å². The molecule has 3 aliphatic rings. The van der Waals surface area contributed by atoms with E-state index in [1.165, 1.54) is 29.2 Å². The Morgan fingerprint density at radius 3 is 2.39 bits per heavy atom. The lowest BCUT2D eigenvalue weighted by Gasteiger charge is -2.28. The van der Waals surface area contributed by atoms with Crippen molar-refractivity contribution in [2.45, 2.75) is 18.9 Å². The molecular weight excluding hydrogens is 446 g/mol. The Morgan fingerprint density at radius 1 is 1.09 bits per heavy atom. The fourth-order valence-electron chi connectivity index (χ4n) is 5.40. The SMILES string of the molecule is O=C(CC(c1ccccc1Cl)N1C(=O)C2C3C=CC(C3)C2C1=O)Nc1cccc([N+](=O)[O-])c1. The first kappa shape index (κ1) is 21.3. The number of fused-ring (bicyclic) bond motifs is 5. The molecule has 2 fully saturated rings. The highest BCUT2D eigenvalue weighted by molar-refractivity contribution is 6.31. The molecule has 1 aliphatic heterocycles. The number of amides is 3. The van der Waals surface area contributed by atoms with Gasteiger partial charge in [0, 0.05) is 22.8 Å². The molecule has 5 atom stereocenters. The van der Waals surface area contributed by atoms with Gasteiger partial charge in [-0.2, -0.15) is 0 Å². The molecule has 9 heteroatoms. The number of nitro groups is 1. The number of nitrogens with one attached hydrogen (secondary N) is 1. The largest absolute Gasteiger partial charge is 0.326 e. The van der Waals surface area contributed by atoms with Gasteiger partial charge in [0.15, 0.2) is 0 Å². The molecule has 5 rings (SSSR count). The van der Waals surface area contributed by atoms with Crippen molar-refractivity contribution in [3.8, 4) is 0 Å². The van der Waals surface area contributed by atoms with Gasteiger partial charge in [-0.25, -0.2) is 0 Å². The highest BCUT2D eigenvalue weighted by atomic mass is 35.5. The summed E-state index contributed by atoms with van der Waals surface area (Å²) in [4.78, 5) is 51.4. The molecule has 3 amide bonds. The highest BCUT2D eigenvalue weighted by Gasteiger charge is 2.60. The Kier molecular flexibility index (Phi) is 5.25. The fourth-order valence-corrected chi connectivity index (χ4v) is 5.66. The van der Waals surface area contributed by atoms with Crippen LogP contribution in [-0.4, -0.2) is 27.5 Å². The summed E-state index contributed by atoms with van der Waals surface area (Å²) < 4.78 is 0. The first-order chi connectivity index (χ1) is 15.8. The second kappa shape index (κ2) is 8.12. The van der Waals surface area contributed by atoms with Crippen LogP contribution in [0, 0.1) is 33.8 Å². The Labute approximate surface area is 194 Å². The van der Waals surface area contributed by atoms with Gasteiger partial charge in [-0.1, -0.05) is 48.0 Å². The van der Waals surface area contributed by atoms with E-state index in [0.29, 0.717) is 10.6 Å². The lowest BCUT2D eigenvalue weighted by Crippen LogP contribution is -2.38. The van der Waals surface area contributed by atoms with Gasteiger partial charge in [-0.3, -0.25) is 29.4 Å². The minimum atomic E-state index is -0.873. The second-order valence-corrected chi connectivity index (χ2v) is 9.05. The zero-order valence-electron chi connectivity index (χ0n) is 17.4. The average molecular weight is 466 g/mol. The van der Waals surface area contributed by atoms with Crippen molar-refractivity contribution in [3.05, 3.63) is 81.4 Å². The number of hydrogen-bond acceptors (Lipinski definition) is 5. The number of carbonyl (C=O) groups excluding carboxylic acids is 3. The number of halogens is 1. The van der Waals surface area contributed by atoms with Gasteiger partial charge in [0.1, 0.15) is 0 Å². The Bertz CT molecular complexity index is 1180.